The van der Waals surface area contributed by atoms with E-state index < -0.39 is 35.9 Å². The first-order valence-electron chi connectivity index (χ1n) is 5.99. The van der Waals surface area contributed by atoms with Crippen molar-refractivity contribution in [2.45, 2.75) is 16.7 Å². The topological polar surface area (TPSA) is 164 Å². The van der Waals surface area contributed by atoms with Crippen LogP contribution in [0.2, 0.25) is 0 Å². The number of hydrogen-bond donors (Lipinski definition) is 4. The number of hydrogen-bond acceptors (Lipinski definition) is 6. The lowest BCUT2D eigenvalue weighted by atomic mass is 10.1. The van der Waals surface area contributed by atoms with Crippen LogP contribution in [0.5, 0.6) is 0 Å². The number of benzene rings is 2. The van der Waals surface area contributed by atoms with Gasteiger partial charge >= 0.3 is 0 Å². The van der Waals surface area contributed by atoms with Crippen LogP contribution in [-0.2, 0) is 25.0 Å². The number of carbonyl (C=O) groups excluding carboxylic acids is 1. The van der Waals surface area contributed by atoms with Gasteiger partial charge in [-0.3, -0.25) is 13.9 Å². The maximum absolute atomic E-state index is 11.3. The van der Waals surface area contributed by atoms with Gasteiger partial charge in [0.05, 0.1) is 15.5 Å². The van der Waals surface area contributed by atoms with E-state index in [0.29, 0.717) is 0 Å². The Bertz CT molecular complexity index is 1030. The lowest BCUT2D eigenvalue weighted by Gasteiger charge is -2.12. The van der Waals surface area contributed by atoms with Crippen molar-refractivity contribution < 1.29 is 30.7 Å². The maximum Gasteiger partial charge on any atom is 0.294 e. The fourth-order valence-corrected chi connectivity index (χ4v) is 3.10. The van der Waals surface area contributed by atoms with Crippen LogP contribution in [0, 0.1) is 0 Å². The van der Waals surface area contributed by atoms with Gasteiger partial charge in [-0.05, 0) is 24.3 Å². The molecule has 0 aliphatic rings. The van der Waals surface area contributed by atoms with Gasteiger partial charge in [0, 0.05) is 23.4 Å². The van der Waals surface area contributed by atoms with Gasteiger partial charge in [-0.25, -0.2) is 0 Å². The molecule has 0 atom stereocenters. The molecule has 0 saturated carbocycles. The summed E-state index contributed by atoms with van der Waals surface area (Å²) in [6.45, 7) is 1.15. The van der Waals surface area contributed by atoms with Crippen LogP contribution in [0.25, 0.3) is 10.8 Å². The Morgan fingerprint density at radius 3 is 1.91 bits per heavy atom. The van der Waals surface area contributed by atoms with Gasteiger partial charge in [0.15, 0.2) is 0 Å². The normalized spacial score (nSPS) is 12.3. The predicted molar refractivity (Wildman–Crippen MR) is 82.3 cm³/mol. The summed E-state index contributed by atoms with van der Waals surface area (Å²) in [6.07, 6.45) is 0. The summed E-state index contributed by atoms with van der Waals surface area (Å²) in [6, 6.07) is 3.94. The number of carbonyl (C=O) groups is 1. The van der Waals surface area contributed by atoms with E-state index in [4.69, 9.17) is 14.8 Å². The van der Waals surface area contributed by atoms with Gasteiger partial charge in [0.2, 0.25) is 5.91 Å². The average Bonchev–Trinajstić information content (AvgIpc) is 2.36. The molecule has 0 radical (unpaired) electrons. The van der Waals surface area contributed by atoms with Crippen LogP contribution in [0.3, 0.4) is 0 Å². The van der Waals surface area contributed by atoms with E-state index in [1.54, 1.807) is 0 Å². The number of nitrogens with two attached hydrogens (primary N) is 1. The molecule has 0 aromatic heterocycles. The van der Waals surface area contributed by atoms with Crippen molar-refractivity contribution in [1.29, 1.82) is 0 Å². The third kappa shape index (κ3) is 3.59. The molecular weight excluding hydrogens is 348 g/mol. The lowest BCUT2D eigenvalue weighted by molar-refractivity contribution is -0.114. The third-order valence-electron chi connectivity index (χ3n) is 2.96. The summed E-state index contributed by atoms with van der Waals surface area (Å²) in [7, 11) is -9.14. The molecule has 0 aliphatic carbocycles. The first kappa shape index (κ1) is 17.1. The third-order valence-corrected chi connectivity index (χ3v) is 4.62. The van der Waals surface area contributed by atoms with Crippen LogP contribution in [0.15, 0.2) is 34.1 Å². The van der Waals surface area contributed by atoms with Crippen LogP contribution < -0.4 is 11.1 Å². The number of nitrogen functional groups attached to an aromatic ring is 1. The molecule has 0 heterocycles. The molecule has 0 spiro atoms. The minimum Gasteiger partial charge on any atom is -0.398 e. The van der Waals surface area contributed by atoms with Gasteiger partial charge in [0.25, 0.3) is 20.2 Å². The highest BCUT2D eigenvalue weighted by Crippen LogP contribution is 2.33. The zero-order chi connectivity index (χ0) is 17.6. The van der Waals surface area contributed by atoms with Crippen molar-refractivity contribution in [2.75, 3.05) is 11.1 Å². The minimum absolute atomic E-state index is 0.0799. The average molecular weight is 360 g/mol. The van der Waals surface area contributed by atoms with E-state index in [-0.39, 0.29) is 22.1 Å². The molecule has 11 heteroatoms. The Kier molecular flexibility index (Phi) is 4.07. The number of amides is 1. The summed E-state index contributed by atoms with van der Waals surface area (Å²) >= 11 is 0. The van der Waals surface area contributed by atoms with Gasteiger partial charge in [-0.1, -0.05) is 0 Å². The zero-order valence-corrected chi connectivity index (χ0v) is 13.3. The van der Waals surface area contributed by atoms with Crippen molar-refractivity contribution in [3.63, 3.8) is 0 Å². The molecule has 9 nitrogen and oxygen atoms in total. The summed E-state index contributed by atoms with van der Waals surface area (Å²) in [5, 5.41) is 2.48. The van der Waals surface area contributed by atoms with E-state index >= 15 is 0 Å². The highest BCUT2D eigenvalue weighted by atomic mass is 32.2. The van der Waals surface area contributed by atoms with Crippen molar-refractivity contribution in [3.8, 4) is 0 Å². The molecule has 0 saturated heterocycles. The van der Waals surface area contributed by atoms with Crippen LogP contribution in [0.1, 0.15) is 6.92 Å². The maximum atomic E-state index is 11.3. The Morgan fingerprint density at radius 2 is 1.43 bits per heavy atom. The van der Waals surface area contributed by atoms with Gasteiger partial charge in [0.1, 0.15) is 0 Å². The highest BCUT2D eigenvalue weighted by Gasteiger charge is 2.19. The van der Waals surface area contributed by atoms with E-state index in [2.05, 4.69) is 5.32 Å². The fraction of sp³-hybridized carbons (Fsp3) is 0.0833. The molecule has 0 aliphatic heterocycles. The van der Waals surface area contributed by atoms with E-state index in [0.717, 1.165) is 31.2 Å². The van der Waals surface area contributed by atoms with Gasteiger partial charge in [-0.2, -0.15) is 16.8 Å². The second-order valence-electron chi connectivity index (χ2n) is 4.71. The largest absolute Gasteiger partial charge is 0.398 e. The predicted octanol–water partition coefficient (Wildman–Crippen LogP) is 0.874. The molecule has 0 bridgehead atoms. The highest BCUT2D eigenvalue weighted by molar-refractivity contribution is 7.86. The Labute approximate surface area is 131 Å². The number of fused-ring (bicyclic) bond motifs is 1. The van der Waals surface area contributed by atoms with Crippen LogP contribution >= 0.6 is 0 Å². The summed E-state index contributed by atoms with van der Waals surface area (Å²) in [5.41, 5.74) is 5.46. The van der Waals surface area contributed by atoms with Crippen LogP contribution in [-0.4, -0.2) is 31.8 Å². The van der Waals surface area contributed by atoms with Crippen molar-refractivity contribution >= 4 is 48.3 Å². The smallest absolute Gasteiger partial charge is 0.294 e. The molecule has 1 amide bonds. The Morgan fingerprint density at radius 1 is 0.957 bits per heavy atom. The van der Waals surface area contributed by atoms with E-state index in [9.17, 15) is 21.6 Å². The Hall–Kier alpha value is -2.21. The molecule has 0 fully saturated rings. The van der Waals surface area contributed by atoms with Crippen molar-refractivity contribution in [2.24, 2.45) is 0 Å². The molecule has 23 heavy (non-hydrogen) atoms. The van der Waals surface area contributed by atoms with E-state index in [1.165, 1.54) is 0 Å². The van der Waals surface area contributed by atoms with Crippen molar-refractivity contribution in [3.05, 3.63) is 24.3 Å². The molecular formula is C12H12N2O7S2. The molecule has 2 aromatic rings. The quantitative estimate of drug-likeness (QED) is 0.462. The first-order valence-corrected chi connectivity index (χ1v) is 8.87. The fourth-order valence-electron chi connectivity index (χ4n) is 2.03. The SMILES string of the molecule is CC(=O)Nc1cc(S(=O)(=O)O)cc2c(N)cc(S(=O)(=O)O)cc12. The van der Waals surface area contributed by atoms with E-state index in [1.807, 2.05) is 0 Å². The minimum atomic E-state index is -4.58. The lowest BCUT2D eigenvalue weighted by Crippen LogP contribution is -2.09. The monoisotopic (exact) mass is 360 g/mol. The van der Waals surface area contributed by atoms with Crippen molar-refractivity contribution in [1.82, 2.24) is 0 Å². The summed E-state index contributed by atoms with van der Waals surface area (Å²) < 4.78 is 63.5. The van der Waals surface area contributed by atoms with Crippen LogP contribution in [0.4, 0.5) is 11.4 Å². The first-order chi connectivity index (χ1) is 10.4. The second kappa shape index (κ2) is 5.45. The zero-order valence-electron chi connectivity index (χ0n) is 11.6. The van der Waals surface area contributed by atoms with Gasteiger partial charge in [-0.15, -0.1) is 0 Å². The summed E-state index contributed by atoms with van der Waals surface area (Å²) in [5.74, 6) is -0.561. The second-order valence-corrected chi connectivity index (χ2v) is 7.55. The molecule has 5 N–H and O–H groups in total. The number of anilines is 2. The molecule has 0 unspecified atom stereocenters. The molecule has 2 aromatic carbocycles. The van der Waals surface area contributed by atoms with Gasteiger partial charge < -0.3 is 11.1 Å². The standard InChI is InChI=1S/C12H12N2O7S2/c1-6(15)14-12-5-8(23(19,20)21)2-9-10(12)3-7(4-11(9)13)22(16,17)18/h2-5H,13H2,1H3,(H,14,15)(H,16,17,18)(H,19,20,21). The molecule has 2 rings (SSSR count). The summed E-state index contributed by atoms with van der Waals surface area (Å²) in [4.78, 5) is 10.2. The number of rotatable bonds is 3. The molecule has 124 valence electrons. The Balaban J connectivity index is 2.95. The number of nitrogens with one attached hydrogen (secondary N) is 1.